The van der Waals surface area contributed by atoms with Crippen LogP contribution in [0, 0.1) is 0 Å². The van der Waals surface area contributed by atoms with Gasteiger partial charge >= 0.3 is 5.35 Å². The van der Waals surface area contributed by atoms with Crippen LogP contribution in [0.5, 0.6) is 0 Å². The Kier molecular flexibility index (Phi) is 1.99. The number of aryl methyl sites for hydroxylation is 1. The van der Waals surface area contributed by atoms with Gasteiger partial charge in [0.05, 0.1) is 0 Å². The predicted molar refractivity (Wildman–Crippen MR) is 55.9 cm³/mol. The van der Waals surface area contributed by atoms with E-state index in [1.165, 1.54) is 11.1 Å². The maximum Gasteiger partial charge on any atom is 0.320 e. The fraction of sp³-hybridized carbons (Fsp3) is 0.273. The first-order valence-electron chi connectivity index (χ1n) is 4.91. The van der Waals surface area contributed by atoms with Crippen LogP contribution in [0.1, 0.15) is 29.3 Å². The average molecular weight is 221 g/mol. The maximum absolute atomic E-state index is 5.63. The van der Waals surface area contributed by atoms with Crippen LogP contribution in [0.15, 0.2) is 28.8 Å². The standard InChI is InChI=1S/C11H9ClN2O/c12-11-13-10(14-15-11)9-6-5-7-3-1-2-4-8(7)9/h1-4,9H,5-6H2. The van der Waals surface area contributed by atoms with E-state index in [9.17, 15) is 0 Å². The quantitative estimate of drug-likeness (QED) is 0.742. The summed E-state index contributed by atoms with van der Waals surface area (Å²) in [5, 5.41) is 4.00. The summed E-state index contributed by atoms with van der Waals surface area (Å²) in [5.74, 6) is 0.947. The lowest BCUT2D eigenvalue weighted by atomic mass is 10.0. The molecule has 76 valence electrons. The van der Waals surface area contributed by atoms with Crippen molar-refractivity contribution in [2.75, 3.05) is 0 Å². The molecule has 1 aliphatic carbocycles. The highest BCUT2D eigenvalue weighted by atomic mass is 35.5. The molecule has 1 aromatic heterocycles. The molecule has 0 amide bonds. The van der Waals surface area contributed by atoms with Crippen LogP contribution in [0.3, 0.4) is 0 Å². The van der Waals surface area contributed by atoms with Crippen molar-refractivity contribution in [1.82, 2.24) is 10.1 Å². The minimum Gasteiger partial charge on any atom is -0.321 e. The van der Waals surface area contributed by atoms with Crippen molar-refractivity contribution in [3.63, 3.8) is 0 Å². The Labute approximate surface area is 92.1 Å². The second kappa shape index (κ2) is 3.35. The molecule has 1 heterocycles. The number of halogens is 1. The molecule has 1 atom stereocenters. The molecular weight excluding hydrogens is 212 g/mol. The number of hydrogen-bond acceptors (Lipinski definition) is 3. The van der Waals surface area contributed by atoms with Crippen LogP contribution in [0.25, 0.3) is 0 Å². The van der Waals surface area contributed by atoms with Gasteiger partial charge in [-0.1, -0.05) is 29.4 Å². The average Bonchev–Trinajstić information content (AvgIpc) is 2.83. The third kappa shape index (κ3) is 1.43. The van der Waals surface area contributed by atoms with E-state index < -0.39 is 0 Å². The first-order chi connectivity index (χ1) is 7.34. The summed E-state index contributed by atoms with van der Waals surface area (Å²) in [6.07, 6.45) is 2.11. The highest BCUT2D eigenvalue weighted by molar-refractivity contribution is 6.27. The van der Waals surface area contributed by atoms with E-state index in [1.54, 1.807) is 0 Å². The lowest BCUT2D eigenvalue weighted by Crippen LogP contribution is -1.98. The summed E-state index contributed by atoms with van der Waals surface area (Å²) in [6, 6.07) is 8.37. The number of hydrogen-bond donors (Lipinski definition) is 0. The number of aromatic nitrogens is 2. The normalized spacial score (nSPS) is 19.1. The molecule has 2 aromatic rings. The van der Waals surface area contributed by atoms with E-state index in [1.807, 2.05) is 6.07 Å². The first-order valence-corrected chi connectivity index (χ1v) is 5.29. The van der Waals surface area contributed by atoms with Crippen LogP contribution >= 0.6 is 11.6 Å². The van der Waals surface area contributed by atoms with Gasteiger partial charge in [0.25, 0.3) is 0 Å². The SMILES string of the molecule is Clc1nc(C2CCc3ccccc32)no1. The van der Waals surface area contributed by atoms with Crippen molar-refractivity contribution < 1.29 is 4.52 Å². The Balaban J connectivity index is 2.04. The van der Waals surface area contributed by atoms with E-state index in [0.717, 1.165) is 12.8 Å². The van der Waals surface area contributed by atoms with Crippen molar-refractivity contribution in [1.29, 1.82) is 0 Å². The number of fused-ring (bicyclic) bond motifs is 1. The Hall–Kier alpha value is -1.35. The van der Waals surface area contributed by atoms with Crippen LogP contribution in [-0.4, -0.2) is 10.1 Å². The van der Waals surface area contributed by atoms with Gasteiger partial charge in [0.15, 0.2) is 5.82 Å². The van der Waals surface area contributed by atoms with E-state index >= 15 is 0 Å². The van der Waals surface area contributed by atoms with Gasteiger partial charge < -0.3 is 4.52 Å². The van der Waals surface area contributed by atoms with E-state index in [2.05, 4.69) is 28.3 Å². The Bertz CT molecular complexity index is 495. The molecule has 0 spiro atoms. The zero-order chi connectivity index (χ0) is 10.3. The highest BCUT2D eigenvalue weighted by Gasteiger charge is 2.27. The molecular formula is C11H9ClN2O. The smallest absolute Gasteiger partial charge is 0.320 e. The van der Waals surface area contributed by atoms with E-state index in [4.69, 9.17) is 16.1 Å². The van der Waals surface area contributed by atoms with Gasteiger partial charge in [-0.15, -0.1) is 0 Å². The van der Waals surface area contributed by atoms with Crippen molar-refractivity contribution in [2.45, 2.75) is 18.8 Å². The summed E-state index contributed by atoms with van der Waals surface area (Å²) in [5.41, 5.74) is 2.68. The molecule has 0 bridgehead atoms. The lowest BCUT2D eigenvalue weighted by Gasteiger charge is -2.04. The van der Waals surface area contributed by atoms with E-state index in [0.29, 0.717) is 5.82 Å². The molecule has 15 heavy (non-hydrogen) atoms. The highest BCUT2D eigenvalue weighted by Crippen LogP contribution is 2.36. The van der Waals surface area contributed by atoms with E-state index in [-0.39, 0.29) is 11.3 Å². The minimum absolute atomic E-state index is 0.120. The molecule has 1 aromatic carbocycles. The zero-order valence-electron chi connectivity index (χ0n) is 7.98. The molecule has 0 N–H and O–H groups in total. The van der Waals surface area contributed by atoms with Gasteiger partial charge in [0.2, 0.25) is 0 Å². The Morgan fingerprint density at radius 2 is 2.20 bits per heavy atom. The topological polar surface area (TPSA) is 38.9 Å². The molecule has 0 saturated carbocycles. The van der Waals surface area contributed by atoms with Gasteiger partial charge in [-0.2, -0.15) is 4.98 Å². The molecule has 0 fully saturated rings. The summed E-state index contributed by atoms with van der Waals surface area (Å²) in [7, 11) is 0. The van der Waals surface area contributed by atoms with Crippen LogP contribution < -0.4 is 0 Å². The Morgan fingerprint density at radius 3 is 3.00 bits per heavy atom. The molecule has 0 radical (unpaired) electrons. The summed E-state index contributed by atoms with van der Waals surface area (Å²) < 4.78 is 4.80. The molecule has 3 nitrogen and oxygen atoms in total. The molecule has 0 aliphatic heterocycles. The fourth-order valence-electron chi connectivity index (χ4n) is 2.18. The summed E-state index contributed by atoms with van der Waals surface area (Å²) >= 11 is 5.63. The second-order valence-corrected chi connectivity index (χ2v) is 4.02. The molecule has 1 unspecified atom stereocenters. The fourth-order valence-corrected chi connectivity index (χ4v) is 2.30. The molecule has 0 saturated heterocycles. The van der Waals surface area contributed by atoms with Gasteiger partial charge in [-0.3, -0.25) is 0 Å². The number of benzene rings is 1. The van der Waals surface area contributed by atoms with Gasteiger partial charge in [0, 0.05) is 5.92 Å². The third-order valence-corrected chi connectivity index (χ3v) is 3.02. The Morgan fingerprint density at radius 1 is 1.33 bits per heavy atom. The molecule has 1 aliphatic rings. The van der Waals surface area contributed by atoms with Crippen LogP contribution in [0.4, 0.5) is 0 Å². The second-order valence-electron chi connectivity index (χ2n) is 3.70. The number of rotatable bonds is 1. The molecule has 4 heteroatoms. The summed E-state index contributed by atoms with van der Waals surface area (Å²) in [4.78, 5) is 4.08. The monoisotopic (exact) mass is 220 g/mol. The first kappa shape index (κ1) is 8.92. The van der Waals surface area contributed by atoms with Gasteiger partial charge in [-0.05, 0) is 35.6 Å². The lowest BCUT2D eigenvalue weighted by molar-refractivity contribution is 0.408. The van der Waals surface area contributed by atoms with Crippen molar-refractivity contribution >= 4 is 11.6 Å². The summed E-state index contributed by atoms with van der Waals surface area (Å²) in [6.45, 7) is 0. The largest absolute Gasteiger partial charge is 0.321 e. The maximum atomic E-state index is 5.63. The van der Waals surface area contributed by atoms with Gasteiger partial charge in [-0.25, -0.2) is 0 Å². The van der Waals surface area contributed by atoms with Gasteiger partial charge in [0.1, 0.15) is 0 Å². The third-order valence-electron chi connectivity index (χ3n) is 2.86. The van der Waals surface area contributed by atoms with Crippen molar-refractivity contribution in [3.8, 4) is 0 Å². The van der Waals surface area contributed by atoms with Crippen molar-refractivity contribution in [3.05, 3.63) is 46.6 Å². The zero-order valence-corrected chi connectivity index (χ0v) is 8.74. The van der Waals surface area contributed by atoms with Crippen molar-refractivity contribution in [2.24, 2.45) is 0 Å². The molecule has 3 rings (SSSR count). The van der Waals surface area contributed by atoms with Crippen LogP contribution in [0.2, 0.25) is 5.35 Å². The van der Waals surface area contributed by atoms with Crippen LogP contribution in [-0.2, 0) is 6.42 Å². The predicted octanol–water partition coefficient (Wildman–Crippen LogP) is 2.80. The number of nitrogens with zero attached hydrogens (tertiary/aromatic N) is 2. The minimum atomic E-state index is 0.120.